The van der Waals surface area contributed by atoms with E-state index < -0.39 is 16.1 Å². The number of carboxylic acids is 1. The zero-order valence-corrected chi connectivity index (χ0v) is 12.3. The van der Waals surface area contributed by atoms with E-state index in [9.17, 15) is 20.0 Å². The maximum atomic E-state index is 11.4. The fourth-order valence-electron chi connectivity index (χ4n) is 1.96. The summed E-state index contributed by atoms with van der Waals surface area (Å²) in [6.45, 7) is 3.56. The van der Waals surface area contributed by atoms with Crippen LogP contribution in [0.25, 0.3) is 10.9 Å². The number of carbonyl (C=O) groups is 1. The van der Waals surface area contributed by atoms with Gasteiger partial charge in [-0.15, -0.1) is 11.8 Å². The summed E-state index contributed by atoms with van der Waals surface area (Å²) in [5.74, 6) is -1.13. The second kappa shape index (κ2) is 6.09. The molecule has 1 atom stereocenters. The van der Waals surface area contributed by atoms with Crippen LogP contribution in [0, 0.1) is 16.0 Å². The standard InChI is InChI=1S/C14H14N2O4S/c1-8(2)12(14(17)18)21-13-9-5-3-4-6-10(9)15-7-11(13)16(19)20/h3-8,12H,1-2H3,(H,17,18). The van der Waals surface area contributed by atoms with E-state index >= 15 is 0 Å². The smallest absolute Gasteiger partial charge is 0.317 e. The first kappa shape index (κ1) is 15.2. The van der Waals surface area contributed by atoms with Crippen molar-refractivity contribution in [2.24, 2.45) is 5.92 Å². The van der Waals surface area contributed by atoms with Crippen LogP contribution in [0.4, 0.5) is 5.69 Å². The highest BCUT2D eigenvalue weighted by atomic mass is 32.2. The van der Waals surface area contributed by atoms with Gasteiger partial charge in [0.1, 0.15) is 11.4 Å². The van der Waals surface area contributed by atoms with Crippen molar-refractivity contribution in [3.05, 3.63) is 40.6 Å². The molecule has 2 rings (SSSR count). The quantitative estimate of drug-likeness (QED) is 0.517. The number of fused-ring (bicyclic) bond motifs is 1. The lowest BCUT2D eigenvalue weighted by Crippen LogP contribution is -2.22. The lowest BCUT2D eigenvalue weighted by atomic mass is 10.1. The summed E-state index contributed by atoms with van der Waals surface area (Å²) < 4.78 is 0. The predicted octanol–water partition coefficient (Wildman–Crippen LogP) is 3.34. The van der Waals surface area contributed by atoms with Crippen LogP contribution in [0.15, 0.2) is 35.4 Å². The van der Waals surface area contributed by atoms with Gasteiger partial charge >= 0.3 is 11.7 Å². The Kier molecular flexibility index (Phi) is 4.42. The third-order valence-corrected chi connectivity index (χ3v) is 4.66. The van der Waals surface area contributed by atoms with Gasteiger partial charge in [-0.2, -0.15) is 0 Å². The molecular formula is C14H14N2O4S. The molecule has 21 heavy (non-hydrogen) atoms. The average molecular weight is 306 g/mol. The van der Waals surface area contributed by atoms with E-state index in [4.69, 9.17) is 0 Å². The number of rotatable bonds is 5. The molecule has 1 aromatic heterocycles. The molecule has 0 aliphatic carbocycles. The molecule has 110 valence electrons. The minimum absolute atomic E-state index is 0.154. The first-order valence-corrected chi connectivity index (χ1v) is 7.21. The molecule has 2 aromatic rings. The van der Waals surface area contributed by atoms with Gasteiger partial charge in [-0.05, 0) is 12.0 Å². The largest absolute Gasteiger partial charge is 0.480 e. The van der Waals surface area contributed by atoms with Crippen molar-refractivity contribution in [3.8, 4) is 0 Å². The highest BCUT2D eigenvalue weighted by molar-refractivity contribution is 8.01. The molecular weight excluding hydrogens is 292 g/mol. The van der Waals surface area contributed by atoms with Crippen molar-refractivity contribution in [2.75, 3.05) is 0 Å². The van der Waals surface area contributed by atoms with E-state index in [0.29, 0.717) is 15.8 Å². The van der Waals surface area contributed by atoms with E-state index in [1.165, 1.54) is 6.20 Å². The maximum Gasteiger partial charge on any atom is 0.317 e. The highest BCUT2D eigenvalue weighted by Gasteiger charge is 2.28. The van der Waals surface area contributed by atoms with Crippen molar-refractivity contribution in [2.45, 2.75) is 24.0 Å². The number of carboxylic acid groups (broad SMARTS) is 1. The Bertz CT molecular complexity index is 702. The van der Waals surface area contributed by atoms with Crippen LogP contribution in [0.5, 0.6) is 0 Å². The first-order chi connectivity index (χ1) is 9.91. The minimum atomic E-state index is -0.981. The van der Waals surface area contributed by atoms with E-state index in [1.807, 2.05) is 0 Å². The number of pyridine rings is 1. The van der Waals surface area contributed by atoms with Crippen LogP contribution in [-0.4, -0.2) is 26.2 Å². The summed E-state index contributed by atoms with van der Waals surface area (Å²) in [6.07, 6.45) is 1.18. The predicted molar refractivity (Wildman–Crippen MR) is 80.5 cm³/mol. The van der Waals surface area contributed by atoms with Gasteiger partial charge in [0.25, 0.3) is 0 Å². The maximum absolute atomic E-state index is 11.4. The number of nitrogens with zero attached hydrogens (tertiary/aromatic N) is 2. The van der Waals surface area contributed by atoms with Crippen LogP contribution in [0.2, 0.25) is 0 Å². The molecule has 0 aliphatic rings. The second-order valence-corrected chi connectivity index (χ2v) is 6.02. The SMILES string of the molecule is CC(C)C(Sc1c([N+](=O)[O-])cnc2ccccc12)C(=O)O. The molecule has 0 saturated heterocycles. The molecule has 0 amide bonds. The van der Waals surface area contributed by atoms with Crippen LogP contribution in [0.3, 0.4) is 0 Å². The van der Waals surface area contributed by atoms with E-state index in [-0.39, 0.29) is 11.6 Å². The zero-order chi connectivity index (χ0) is 15.6. The monoisotopic (exact) mass is 306 g/mol. The van der Waals surface area contributed by atoms with E-state index in [1.54, 1.807) is 38.1 Å². The summed E-state index contributed by atoms with van der Waals surface area (Å²) in [4.78, 5) is 26.4. The minimum Gasteiger partial charge on any atom is -0.480 e. The Morgan fingerprint density at radius 1 is 1.38 bits per heavy atom. The molecule has 1 heterocycles. The molecule has 6 nitrogen and oxygen atoms in total. The molecule has 0 saturated carbocycles. The van der Waals surface area contributed by atoms with Gasteiger partial charge in [0.15, 0.2) is 0 Å². The topological polar surface area (TPSA) is 93.3 Å². The number of aliphatic carboxylic acids is 1. The summed E-state index contributed by atoms with van der Waals surface area (Å²) >= 11 is 1.01. The number of nitro groups is 1. The molecule has 0 fully saturated rings. The van der Waals surface area contributed by atoms with Gasteiger partial charge in [-0.3, -0.25) is 14.9 Å². The van der Waals surface area contributed by atoms with E-state index in [0.717, 1.165) is 11.8 Å². The number of benzene rings is 1. The average Bonchev–Trinajstić information content (AvgIpc) is 2.43. The highest BCUT2D eigenvalue weighted by Crippen LogP contribution is 2.39. The van der Waals surface area contributed by atoms with E-state index in [2.05, 4.69) is 4.98 Å². The molecule has 1 N–H and O–H groups in total. The van der Waals surface area contributed by atoms with Crippen molar-refractivity contribution in [3.63, 3.8) is 0 Å². The Labute approximate surface area is 125 Å². The molecule has 0 aliphatic heterocycles. The normalized spacial score (nSPS) is 12.5. The van der Waals surface area contributed by atoms with Crippen LogP contribution in [-0.2, 0) is 4.79 Å². The molecule has 1 unspecified atom stereocenters. The summed E-state index contributed by atoms with van der Waals surface area (Å²) in [5, 5.41) is 20.3. The first-order valence-electron chi connectivity index (χ1n) is 6.33. The Morgan fingerprint density at radius 2 is 2.05 bits per heavy atom. The third kappa shape index (κ3) is 3.13. The lowest BCUT2D eigenvalue weighted by Gasteiger charge is -2.16. The number of para-hydroxylation sites is 1. The van der Waals surface area contributed by atoms with Crippen LogP contribution >= 0.6 is 11.8 Å². The van der Waals surface area contributed by atoms with Crippen molar-refractivity contribution in [1.82, 2.24) is 4.98 Å². The number of aromatic nitrogens is 1. The molecule has 0 bridgehead atoms. The van der Waals surface area contributed by atoms with Gasteiger partial charge in [0.2, 0.25) is 0 Å². The van der Waals surface area contributed by atoms with Gasteiger partial charge < -0.3 is 5.11 Å². The summed E-state index contributed by atoms with van der Waals surface area (Å²) in [7, 11) is 0. The van der Waals surface area contributed by atoms with Gasteiger partial charge in [0.05, 0.1) is 15.3 Å². The number of hydrogen-bond acceptors (Lipinski definition) is 5. The summed E-state index contributed by atoms with van der Waals surface area (Å²) in [6, 6.07) is 7.00. The van der Waals surface area contributed by atoms with Crippen LogP contribution in [0.1, 0.15) is 13.8 Å². The van der Waals surface area contributed by atoms with Gasteiger partial charge in [-0.25, -0.2) is 4.98 Å². The number of hydrogen-bond donors (Lipinski definition) is 1. The molecule has 1 aromatic carbocycles. The fourth-order valence-corrected chi connectivity index (χ4v) is 3.13. The Morgan fingerprint density at radius 3 is 2.62 bits per heavy atom. The third-order valence-electron chi connectivity index (χ3n) is 3.00. The van der Waals surface area contributed by atoms with Gasteiger partial charge in [0, 0.05) is 5.39 Å². The second-order valence-electron chi connectivity index (χ2n) is 4.87. The molecule has 0 spiro atoms. The van der Waals surface area contributed by atoms with Crippen molar-refractivity contribution < 1.29 is 14.8 Å². The number of thioether (sulfide) groups is 1. The molecule has 7 heteroatoms. The Hall–Kier alpha value is -2.15. The van der Waals surface area contributed by atoms with Crippen molar-refractivity contribution >= 4 is 34.3 Å². The van der Waals surface area contributed by atoms with Crippen molar-refractivity contribution in [1.29, 1.82) is 0 Å². The summed E-state index contributed by atoms with van der Waals surface area (Å²) in [5.41, 5.74) is 0.448. The molecule has 0 radical (unpaired) electrons. The van der Waals surface area contributed by atoms with Crippen LogP contribution < -0.4 is 0 Å². The lowest BCUT2D eigenvalue weighted by molar-refractivity contribution is -0.387. The zero-order valence-electron chi connectivity index (χ0n) is 11.5. The fraction of sp³-hybridized carbons (Fsp3) is 0.286. The van der Waals surface area contributed by atoms with Gasteiger partial charge in [-0.1, -0.05) is 32.0 Å². The Balaban J connectivity index is 2.61.